The van der Waals surface area contributed by atoms with Gasteiger partial charge in [0.15, 0.2) is 0 Å². The number of aliphatic hydroxyl groups excluding tert-OH is 2. The van der Waals surface area contributed by atoms with Gasteiger partial charge in [-0.25, -0.2) is 8.78 Å². The lowest BCUT2D eigenvalue weighted by Crippen LogP contribution is -2.49. The molecule has 9 heteroatoms. The number of nitrogens with one attached hydrogen (secondary N) is 1. The average Bonchev–Trinajstić information content (AvgIpc) is 2.84. The van der Waals surface area contributed by atoms with Crippen molar-refractivity contribution in [3.05, 3.63) is 69.2 Å². The average molecular weight is 584 g/mol. The predicted octanol–water partition coefficient (Wildman–Crippen LogP) is 5.24. The van der Waals surface area contributed by atoms with Crippen molar-refractivity contribution in [2.24, 2.45) is 0 Å². The van der Waals surface area contributed by atoms with Crippen LogP contribution in [0.4, 0.5) is 8.78 Å². The molecular weight excluding hydrogens is 546 g/mol. The first-order chi connectivity index (χ1) is 17.6. The van der Waals surface area contributed by atoms with E-state index in [2.05, 4.69) is 21.2 Å². The molecule has 0 radical (unpaired) electrons. The fraction of sp³-hybridized carbons (Fsp3) is 0.500. The van der Waals surface area contributed by atoms with E-state index in [0.717, 1.165) is 37.5 Å². The molecule has 0 bridgehead atoms. The topological polar surface area (TPSA) is 89.9 Å². The van der Waals surface area contributed by atoms with E-state index in [4.69, 9.17) is 0 Å². The Morgan fingerprint density at radius 3 is 2.08 bits per heavy atom. The highest BCUT2D eigenvalue weighted by Crippen LogP contribution is 2.20. The highest BCUT2D eigenvalue weighted by atomic mass is 79.9. The van der Waals surface area contributed by atoms with E-state index in [1.54, 1.807) is 17.0 Å². The van der Waals surface area contributed by atoms with E-state index >= 15 is 0 Å². The van der Waals surface area contributed by atoms with E-state index in [0.29, 0.717) is 36.0 Å². The van der Waals surface area contributed by atoms with Gasteiger partial charge in [-0.3, -0.25) is 9.59 Å². The Hall–Kier alpha value is -2.36. The normalized spacial score (nSPS) is 13.6. The van der Waals surface area contributed by atoms with Gasteiger partial charge in [-0.15, -0.1) is 0 Å². The molecule has 6 nitrogen and oxygen atoms in total. The van der Waals surface area contributed by atoms with Crippen molar-refractivity contribution in [2.45, 2.75) is 77.5 Å². The van der Waals surface area contributed by atoms with Crippen LogP contribution >= 0.6 is 15.9 Å². The first-order valence-corrected chi connectivity index (χ1v) is 13.6. The maximum Gasteiger partial charge on any atom is 0.253 e. The molecule has 37 heavy (non-hydrogen) atoms. The van der Waals surface area contributed by atoms with Crippen molar-refractivity contribution in [2.75, 3.05) is 13.1 Å². The number of aliphatic hydroxyl groups is 2. The Kier molecular flexibility index (Phi) is 12.6. The summed E-state index contributed by atoms with van der Waals surface area (Å²) in [5.41, 5.74) is 0.745. The highest BCUT2D eigenvalue weighted by molar-refractivity contribution is 9.10. The zero-order chi connectivity index (χ0) is 27.5. The van der Waals surface area contributed by atoms with Crippen LogP contribution in [0.2, 0.25) is 0 Å². The molecule has 2 amide bonds. The van der Waals surface area contributed by atoms with Gasteiger partial charge in [0.2, 0.25) is 0 Å². The summed E-state index contributed by atoms with van der Waals surface area (Å²) in [5, 5.41) is 24.1. The van der Waals surface area contributed by atoms with E-state index in [-0.39, 0.29) is 23.5 Å². The number of benzene rings is 2. The van der Waals surface area contributed by atoms with Crippen molar-refractivity contribution in [3.8, 4) is 0 Å². The van der Waals surface area contributed by atoms with Gasteiger partial charge in [0.25, 0.3) is 11.8 Å². The van der Waals surface area contributed by atoms with Crippen LogP contribution in [0.3, 0.4) is 0 Å². The van der Waals surface area contributed by atoms with Gasteiger partial charge in [-0.1, -0.05) is 49.5 Å². The molecule has 0 fully saturated rings. The first-order valence-electron chi connectivity index (χ1n) is 12.8. The number of nitrogens with zero attached hydrogens (tertiary/aromatic N) is 1. The van der Waals surface area contributed by atoms with Crippen LogP contribution in [0, 0.1) is 11.6 Å². The molecule has 0 saturated carbocycles. The molecule has 0 aliphatic carbocycles. The van der Waals surface area contributed by atoms with Crippen LogP contribution in [-0.4, -0.2) is 58.3 Å². The van der Waals surface area contributed by atoms with Crippen molar-refractivity contribution < 1.29 is 28.6 Å². The summed E-state index contributed by atoms with van der Waals surface area (Å²) in [4.78, 5) is 28.1. The van der Waals surface area contributed by atoms with Gasteiger partial charge in [0, 0.05) is 34.8 Å². The first kappa shape index (κ1) is 30.9. The summed E-state index contributed by atoms with van der Waals surface area (Å²) in [7, 11) is 0. The second-order valence-electron chi connectivity index (χ2n) is 9.28. The van der Waals surface area contributed by atoms with Crippen LogP contribution < -0.4 is 5.32 Å². The zero-order valence-corrected chi connectivity index (χ0v) is 23.2. The zero-order valence-electron chi connectivity index (χ0n) is 21.6. The third-order valence-electron chi connectivity index (χ3n) is 6.04. The molecule has 0 spiro atoms. The molecule has 204 valence electrons. The summed E-state index contributed by atoms with van der Waals surface area (Å²) in [5.74, 6) is -2.34. The molecule has 0 unspecified atom stereocenters. The second-order valence-corrected chi connectivity index (χ2v) is 10.2. The Morgan fingerprint density at radius 1 is 0.919 bits per heavy atom. The van der Waals surface area contributed by atoms with Crippen LogP contribution in [0.5, 0.6) is 0 Å². The van der Waals surface area contributed by atoms with Crippen LogP contribution in [0.25, 0.3) is 0 Å². The Morgan fingerprint density at radius 2 is 1.51 bits per heavy atom. The number of amides is 2. The molecule has 2 rings (SSSR count). The standard InChI is InChI=1S/C28H37BrF2N2O4/c1-4-7-8-25(34)26(35)24(13-18-11-22(30)17-23(31)12-18)32-27(36)19-14-20(16-21(29)15-19)28(37)33(9-5-2)10-6-3/h11-12,14-17,24-26,34-35H,4-10,13H2,1-3H3,(H,32,36)/t24-,25+,26+/m0/s1. The van der Waals surface area contributed by atoms with Gasteiger partial charge in [0.1, 0.15) is 17.7 Å². The lowest BCUT2D eigenvalue weighted by Gasteiger charge is -2.28. The number of unbranched alkanes of at least 4 members (excludes halogenated alkanes) is 1. The number of carbonyl (C=O) groups excluding carboxylic acids is 2. The van der Waals surface area contributed by atoms with Crippen LogP contribution in [-0.2, 0) is 6.42 Å². The number of halogens is 3. The minimum Gasteiger partial charge on any atom is -0.390 e. The summed E-state index contributed by atoms with van der Waals surface area (Å²) in [6, 6.07) is 6.64. The SMILES string of the molecule is CCCC[C@@H](O)[C@H](O)[C@H](Cc1cc(F)cc(F)c1)NC(=O)c1cc(Br)cc(C(=O)N(CCC)CCC)c1. The van der Waals surface area contributed by atoms with Gasteiger partial charge in [-0.05, 0) is 61.6 Å². The lowest BCUT2D eigenvalue weighted by atomic mass is 9.94. The van der Waals surface area contributed by atoms with Crippen LogP contribution in [0.1, 0.15) is 79.2 Å². The summed E-state index contributed by atoms with van der Waals surface area (Å²) in [6.07, 6.45) is 0.753. The van der Waals surface area contributed by atoms with Gasteiger partial charge < -0.3 is 20.4 Å². The molecule has 0 saturated heterocycles. The molecule has 2 aromatic carbocycles. The van der Waals surface area contributed by atoms with Crippen molar-refractivity contribution in [1.82, 2.24) is 10.2 Å². The largest absolute Gasteiger partial charge is 0.390 e. The number of rotatable bonds is 14. The maximum atomic E-state index is 13.8. The van der Waals surface area contributed by atoms with Crippen molar-refractivity contribution >= 4 is 27.7 Å². The fourth-order valence-corrected chi connectivity index (χ4v) is 4.72. The molecule has 2 aromatic rings. The van der Waals surface area contributed by atoms with Gasteiger partial charge in [0.05, 0.1) is 12.1 Å². The summed E-state index contributed by atoms with van der Waals surface area (Å²) < 4.78 is 28.1. The molecule has 0 aliphatic heterocycles. The Bertz CT molecular complexity index is 1030. The summed E-state index contributed by atoms with van der Waals surface area (Å²) in [6.45, 7) is 7.10. The maximum absolute atomic E-state index is 13.8. The predicted molar refractivity (Wildman–Crippen MR) is 143 cm³/mol. The smallest absolute Gasteiger partial charge is 0.253 e. The van der Waals surface area contributed by atoms with Crippen molar-refractivity contribution in [3.63, 3.8) is 0 Å². The van der Waals surface area contributed by atoms with Crippen molar-refractivity contribution in [1.29, 1.82) is 0 Å². The van der Waals surface area contributed by atoms with Gasteiger partial charge in [-0.2, -0.15) is 0 Å². The molecule has 0 aromatic heterocycles. The van der Waals surface area contributed by atoms with Crippen LogP contribution in [0.15, 0.2) is 40.9 Å². The Balaban J connectivity index is 2.34. The molecule has 3 N–H and O–H groups in total. The van der Waals surface area contributed by atoms with E-state index in [1.165, 1.54) is 6.07 Å². The quantitative estimate of drug-likeness (QED) is 0.284. The third-order valence-corrected chi connectivity index (χ3v) is 6.49. The fourth-order valence-electron chi connectivity index (χ4n) is 4.23. The van der Waals surface area contributed by atoms with E-state index in [9.17, 15) is 28.6 Å². The molecular formula is C28H37BrF2N2O4. The number of hydrogen-bond donors (Lipinski definition) is 3. The lowest BCUT2D eigenvalue weighted by molar-refractivity contribution is -0.00815. The molecule has 0 heterocycles. The second kappa shape index (κ2) is 15.1. The highest BCUT2D eigenvalue weighted by Gasteiger charge is 2.29. The molecule has 3 atom stereocenters. The number of hydrogen-bond acceptors (Lipinski definition) is 4. The Labute approximate surface area is 226 Å². The third kappa shape index (κ3) is 9.47. The molecule has 0 aliphatic rings. The number of carbonyl (C=O) groups is 2. The minimum absolute atomic E-state index is 0.106. The summed E-state index contributed by atoms with van der Waals surface area (Å²) >= 11 is 3.37. The van der Waals surface area contributed by atoms with Gasteiger partial charge >= 0.3 is 0 Å². The van der Waals surface area contributed by atoms with E-state index in [1.807, 2.05) is 20.8 Å². The monoisotopic (exact) mass is 582 g/mol. The van der Waals surface area contributed by atoms with E-state index < -0.39 is 35.8 Å². The minimum atomic E-state index is -1.38.